The minimum atomic E-state index is 0.301. The normalized spacial score (nSPS) is 18.2. The van der Waals surface area contributed by atoms with E-state index in [1.165, 1.54) is 32.1 Å². The maximum atomic E-state index is 9.22. The van der Waals surface area contributed by atoms with Crippen molar-refractivity contribution in [2.24, 2.45) is 0 Å². The van der Waals surface area contributed by atoms with Crippen molar-refractivity contribution in [3.05, 3.63) is 16.8 Å². The number of nitrogens with two attached hydrogens (primary N) is 1. The fraction of sp³-hybridized carbons (Fsp3) is 0.667. The van der Waals surface area contributed by atoms with E-state index in [2.05, 4.69) is 23.8 Å². The van der Waals surface area contributed by atoms with Crippen molar-refractivity contribution in [1.29, 1.82) is 5.26 Å². The molecule has 1 aliphatic carbocycles. The number of thioether (sulfide) groups is 1. The van der Waals surface area contributed by atoms with E-state index in [0.29, 0.717) is 16.1 Å². The Morgan fingerprint density at radius 1 is 1.32 bits per heavy atom. The van der Waals surface area contributed by atoms with Crippen LogP contribution in [0.5, 0.6) is 0 Å². The van der Waals surface area contributed by atoms with Gasteiger partial charge in [-0.05, 0) is 38.5 Å². The Balaban J connectivity index is 2.35. The first kappa shape index (κ1) is 14.3. The Labute approximate surface area is 120 Å². The largest absolute Gasteiger partial charge is 0.384 e. The molecule has 19 heavy (non-hydrogen) atoms. The number of rotatable bonds is 3. The molecule has 1 fully saturated rings. The molecule has 1 heterocycles. The zero-order valence-electron chi connectivity index (χ0n) is 12.1. The highest BCUT2D eigenvalue weighted by Crippen LogP contribution is 2.41. The molecule has 0 bridgehead atoms. The number of hydrogen-bond donors (Lipinski definition) is 1. The third-order valence-electron chi connectivity index (χ3n) is 4.63. The predicted octanol–water partition coefficient (Wildman–Crippen LogP) is 3.62. The Kier molecular flexibility index (Phi) is 4.15. The average Bonchev–Trinajstić information content (AvgIpc) is 2.63. The summed E-state index contributed by atoms with van der Waals surface area (Å²) in [6, 6.07) is 2.24. The lowest BCUT2D eigenvalue weighted by molar-refractivity contribution is 0.358. The molecule has 0 atom stereocenters. The van der Waals surface area contributed by atoms with E-state index in [1.54, 1.807) is 0 Å². The minimum absolute atomic E-state index is 0.301. The molecule has 1 aromatic rings. The second-order valence-corrected chi connectivity index (χ2v) is 6.89. The van der Waals surface area contributed by atoms with E-state index in [1.807, 2.05) is 18.7 Å². The van der Waals surface area contributed by atoms with Crippen molar-refractivity contribution in [1.82, 2.24) is 4.57 Å². The van der Waals surface area contributed by atoms with Gasteiger partial charge in [-0.1, -0.05) is 19.3 Å². The molecular formula is C15H23N3S. The molecule has 0 spiro atoms. The molecule has 1 saturated carbocycles. The fourth-order valence-electron chi connectivity index (χ4n) is 3.15. The van der Waals surface area contributed by atoms with Crippen LogP contribution >= 0.6 is 11.8 Å². The van der Waals surface area contributed by atoms with Crippen LogP contribution in [0.25, 0.3) is 0 Å². The highest BCUT2D eigenvalue weighted by Gasteiger charge is 2.33. The molecule has 2 N–H and O–H groups in total. The molecule has 1 aliphatic rings. The highest BCUT2D eigenvalue weighted by molar-refractivity contribution is 8.00. The molecule has 0 aromatic carbocycles. The van der Waals surface area contributed by atoms with Crippen molar-refractivity contribution >= 4 is 17.6 Å². The first-order valence-electron chi connectivity index (χ1n) is 6.95. The predicted molar refractivity (Wildman–Crippen MR) is 82.4 cm³/mol. The van der Waals surface area contributed by atoms with Crippen molar-refractivity contribution in [2.45, 2.75) is 57.2 Å². The van der Waals surface area contributed by atoms with Crippen LogP contribution in [0.3, 0.4) is 0 Å². The Hall–Kier alpha value is -1.08. The molecule has 3 nitrogen and oxygen atoms in total. The summed E-state index contributed by atoms with van der Waals surface area (Å²) >= 11 is 1.97. The summed E-state index contributed by atoms with van der Waals surface area (Å²) in [7, 11) is 0. The lowest BCUT2D eigenvalue weighted by atomic mass is 9.88. The Morgan fingerprint density at radius 3 is 2.42 bits per heavy atom. The van der Waals surface area contributed by atoms with E-state index in [9.17, 15) is 5.26 Å². The quantitative estimate of drug-likeness (QED) is 0.918. The van der Waals surface area contributed by atoms with Crippen LogP contribution in [0.15, 0.2) is 0 Å². The summed E-state index contributed by atoms with van der Waals surface area (Å²) in [5, 5.41) is 9.22. The number of nitrogen functional groups attached to an aromatic ring is 1. The van der Waals surface area contributed by atoms with Crippen LogP contribution < -0.4 is 5.73 Å². The van der Waals surface area contributed by atoms with E-state index in [-0.39, 0.29) is 0 Å². The molecule has 0 saturated heterocycles. The van der Waals surface area contributed by atoms with Crippen LogP contribution in [0.1, 0.15) is 48.9 Å². The smallest absolute Gasteiger partial charge is 0.122 e. The summed E-state index contributed by atoms with van der Waals surface area (Å²) in [6.07, 6.45) is 8.69. The van der Waals surface area contributed by atoms with Crippen molar-refractivity contribution in [2.75, 3.05) is 12.0 Å². The maximum Gasteiger partial charge on any atom is 0.122 e. The summed E-state index contributed by atoms with van der Waals surface area (Å²) < 4.78 is 2.46. The lowest BCUT2D eigenvalue weighted by Gasteiger charge is -2.36. The van der Waals surface area contributed by atoms with Gasteiger partial charge in [0.2, 0.25) is 0 Å². The molecule has 0 aliphatic heterocycles. The zero-order chi connectivity index (χ0) is 14.0. The van der Waals surface area contributed by atoms with Crippen LogP contribution in [0.4, 0.5) is 5.82 Å². The molecular weight excluding hydrogens is 254 g/mol. The van der Waals surface area contributed by atoms with Gasteiger partial charge in [0.15, 0.2) is 0 Å². The van der Waals surface area contributed by atoms with Gasteiger partial charge >= 0.3 is 0 Å². The van der Waals surface area contributed by atoms with Crippen LogP contribution in [0.2, 0.25) is 0 Å². The number of anilines is 1. The highest BCUT2D eigenvalue weighted by atomic mass is 32.2. The number of nitriles is 1. The molecule has 4 heteroatoms. The summed E-state index contributed by atoms with van der Waals surface area (Å²) in [4.78, 5) is 0. The average molecular weight is 277 g/mol. The molecule has 0 unspecified atom stereocenters. The first-order valence-corrected chi connectivity index (χ1v) is 8.17. The number of hydrogen-bond acceptors (Lipinski definition) is 3. The van der Waals surface area contributed by atoms with Crippen LogP contribution in [-0.4, -0.2) is 15.6 Å². The molecule has 104 valence electrons. The van der Waals surface area contributed by atoms with Gasteiger partial charge in [0.1, 0.15) is 11.9 Å². The number of aromatic nitrogens is 1. The topological polar surface area (TPSA) is 54.7 Å². The Morgan fingerprint density at radius 2 is 1.95 bits per heavy atom. The maximum absolute atomic E-state index is 9.22. The molecule has 2 rings (SSSR count). The summed E-state index contributed by atoms with van der Waals surface area (Å²) in [5.74, 6) is 0.650. The molecule has 0 amide bonds. The van der Waals surface area contributed by atoms with E-state index in [4.69, 9.17) is 5.73 Å². The van der Waals surface area contributed by atoms with Gasteiger partial charge in [-0.25, -0.2) is 0 Å². The first-order chi connectivity index (χ1) is 9.04. The lowest BCUT2D eigenvalue weighted by Crippen LogP contribution is -2.33. The SMILES string of the molecule is CSC1(Cn2c(C)c(C)c(C#N)c2N)CCCCC1. The standard InChI is InChI=1S/C15H23N3S/c1-11-12(2)18(14(17)13(11)9-16)10-15(19-3)7-5-4-6-8-15/h4-8,10,17H2,1-3H3. The van der Waals surface area contributed by atoms with Gasteiger partial charge in [0, 0.05) is 17.0 Å². The van der Waals surface area contributed by atoms with Crippen molar-refractivity contribution in [3.63, 3.8) is 0 Å². The third-order valence-corrected chi connectivity index (χ3v) is 6.03. The van der Waals surface area contributed by atoms with E-state index >= 15 is 0 Å². The van der Waals surface area contributed by atoms with Gasteiger partial charge < -0.3 is 10.3 Å². The van der Waals surface area contributed by atoms with Gasteiger partial charge in [-0.15, -0.1) is 0 Å². The van der Waals surface area contributed by atoms with Crippen molar-refractivity contribution < 1.29 is 0 Å². The van der Waals surface area contributed by atoms with Gasteiger partial charge in [-0.3, -0.25) is 0 Å². The third kappa shape index (κ3) is 2.49. The molecule has 1 aromatic heterocycles. The monoisotopic (exact) mass is 277 g/mol. The second kappa shape index (κ2) is 5.50. The second-order valence-electron chi connectivity index (χ2n) is 5.62. The summed E-state index contributed by atoms with van der Waals surface area (Å²) in [6.45, 7) is 5.01. The van der Waals surface area contributed by atoms with Gasteiger partial charge in [0.25, 0.3) is 0 Å². The van der Waals surface area contributed by atoms with Gasteiger partial charge in [0.05, 0.1) is 5.56 Å². The zero-order valence-corrected chi connectivity index (χ0v) is 12.9. The van der Waals surface area contributed by atoms with Crippen LogP contribution in [0, 0.1) is 25.2 Å². The van der Waals surface area contributed by atoms with Gasteiger partial charge in [-0.2, -0.15) is 17.0 Å². The molecule has 0 radical (unpaired) electrons. The fourth-order valence-corrected chi connectivity index (χ4v) is 4.10. The van der Waals surface area contributed by atoms with Crippen LogP contribution in [-0.2, 0) is 6.54 Å². The van der Waals surface area contributed by atoms with Crippen molar-refractivity contribution in [3.8, 4) is 6.07 Å². The minimum Gasteiger partial charge on any atom is -0.384 e. The van der Waals surface area contributed by atoms with E-state index < -0.39 is 0 Å². The van der Waals surface area contributed by atoms with E-state index in [0.717, 1.165) is 17.8 Å². The summed E-state index contributed by atoms with van der Waals surface area (Å²) in [5.41, 5.74) is 9.02. The Bertz CT molecular complexity index is 504. The number of nitrogens with zero attached hydrogens (tertiary/aromatic N) is 2.